The molecule has 0 saturated carbocycles. The second kappa shape index (κ2) is 11.3. The fraction of sp³-hybridized carbons (Fsp3) is 0.0179. The molecule has 2 nitrogen and oxygen atoms in total. The smallest absolute Gasteiger partial charge is 0.243 e. The van der Waals surface area contributed by atoms with Gasteiger partial charge in [-0.25, -0.2) is 4.98 Å². The molecule has 11 aromatic rings. The minimum Gasteiger partial charge on any atom is -0.309 e. The van der Waals surface area contributed by atoms with Crippen LogP contribution >= 0.6 is 0 Å². The van der Waals surface area contributed by atoms with E-state index in [4.69, 9.17) is 4.98 Å². The van der Waals surface area contributed by atoms with Crippen LogP contribution in [0.2, 0.25) is 0 Å². The van der Waals surface area contributed by atoms with Crippen molar-refractivity contribution < 1.29 is 0 Å². The van der Waals surface area contributed by atoms with Crippen molar-refractivity contribution in [3.63, 3.8) is 0 Å². The third kappa shape index (κ3) is 3.95. The monoisotopic (exact) mass is 744 g/mol. The Kier molecular flexibility index (Phi) is 6.07. The number of hydrogen-bond donors (Lipinski definition) is 0. The van der Waals surface area contributed by atoms with E-state index in [1.807, 2.05) is 0 Å². The van der Waals surface area contributed by atoms with Gasteiger partial charge in [0.2, 0.25) is 6.71 Å². The molecule has 1 aliphatic carbocycles. The van der Waals surface area contributed by atoms with Crippen molar-refractivity contribution in [2.24, 2.45) is 0 Å². The molecular formula is C56H33BN2. The lowest BCUT2D eigenvalue weighted by atomic mass is 9.32. The largest absolute Gasteiger partial charge is 0.309 e. The number of para-hydroxylation sites is 3. The molecule has 0 radical (unpaired) electrons. The third-order valence-electron chi connectivity index (χ3n) is 13.8. The van der Waals surface area contributed by atoms with Crippen LogP contribution in [0.5, 0.6) is 0 Å². The SMILES string of the molecule is c1ccc2c(c1)B1c3cccc(-n4c5ccccc5c5ccccc54)c3-c3cccc(c31)C21c2ccccc2-c2cc(-c3ccc4cc5ccccc5nc4c3)ccc21. The summed E-state index contributed by atoms with van der Waals surface area (Å²) < 4.78 is 2.51. The summed E-state index contributed by atoms with van der Waals surface area (Å²) in [6.07, 6.45) is 0. The van der Waals surface area contributed by atoms with E-state index in [-0.39, 0.29) is 6.71 Å². The van der Waals surface area contributed by atoms with Crippen molar-refractivity contribution in [2.75, 3.05) is 0 Å². The first kappa shape index (κ1) is 31.6. The molecule has 1 spiro atoms. The average molecular weight is 745 g/mol. The number of nitrogens with zero attached hydrogens (tertiary/aromatic N) is 2. The van der Waals surface area contributed by atoms with E-state index in [2.05, 4.69) is 205 Å². The molecule has 3 aliphatic rings. The quantitative estimate of drug-likeness (QED) is 0.127. The highest BCUT2D eigenvalue weighted by Gasteiger charge is 2.55. The summed E-state index contributed by atoms with van der Waals surface area (Å²) in [7, 11) is 0. The number of pyridine rings is 1. The summed E-state index contributed by atoms with van der Waals surface area (Å²) in [5, 5.41) is 4.89. The zero-order valence-electron chi connectivity index (χ0n) is 32.0. The second-order valence-corrected chi connectivity index (χ2v) is 16.5. The molecule has 4 heterocycles. The Morgan fingerprint density at radius 3 is 1.92 bits per heavy atom. The Labute approximate surface area is 341 Å². The molecule has 270 valence electrons. The van der Waals surface area contributed by atoms with E-state index >= 15 is 0 Å². The topological polar surface area (TPSA) is 17.8 Å². The van der Waals surface area contributed by atoms with Crippen LogP contribution in [0.4, 0.5) is 0 Å². The predicted molar refractivity (Wildman–Crippen MR) is 246 cm³/mol. The van der Waals surface area contributed by atoms with E-state index in [9.17, 15) is 0 Å². The normalized spacial score (nSPS) is 15.5. The minimum atomic E-state index is -0.470. The van der Waals surface area contributed by atoms with Crippen LogP contribution in [0.15, 0.2) is 200 Å². The summed E-state index contributed by atoms with van der Waals surface area (Å²) >= 11 is 0. The molecule has 0 bridgehead atoms. The van der Waals surface area contributed by atoms with Crippen molar-refractivity contribution in [1.29, 1.82) is 0 Å². The summed E-state index contributed by atoms with van der Waals surface area (Å²) in [5.74, 6) is 0. The van der Waals surface area contributed by atoms with Crippen molar-refractivity contribution in [1.82, 2.24) is 9.55 Å². The summed E-state index contributed by atoms with van der Waals surface area (Å²) in [4.78, 5) is 5.08. The van der Waals surface area contributed by atoms with E-state index in [1.54, 1.807) is 0 Å². The highest BCUT2D eigenvalue weighted by Crippen LogP contribution is 2.58. The van der Waals surface area contributed by atoms with Gasteiger partial charge < -0.3 is 4.57 Å². The summed E-state index contributed by atoms with van der Waals surface area (Å²) in [6.45, 7) is 0.128. The zero-order chi connectivity index (χ0) is 38.4. The maximum absolute atomic E-state index is 5.08. The van der Waals surface area contributed by atoms with Crippen LogP contribution in [-0.2, 0) is 5.41 Å². The molecule has 2 aromatic heterocycles. The van der Waals surface area contributed by atoms with E-state index in [0.717, 1.165) is 16.4 Å². The molecule has 1 atom stereocenters. The number of benzene rings is 9. The fourth-order valence-corrected chi connectivity index (χ4v) is 11.6. The molecule has 0 N–H and O–H groups in total. The molecule has 0 fully saturated rings. The van der Waals surface area contributed by atoms with Crippen LogP contribution in [0.3, 0.4) is 0 Å². The maximum atomic E-state index is 5.08. The zero-order valence-corrected chi connectivity index (χ0v) is 32.0. The number of hydrogen-bond acceptors (Lipinski definition) is 1. The van der Waals surface area contributed by atoms with E-state index in [0.29, 0.717) is 0 Å². The maximum Gasteiger partial charge on any atom is 0.243 e. The van der Waals surface area contributed by atoms with Gasteiger partial charge in [-0.2, -0.15) is 0 Å². The second-order valence-electron chi connectivity index (χ2n) is 16.5. The van der Waals surface area contributed by atoms with Gasteiger partial charge >= 0.3 is 0 Å². The lowest BCUT2D eigenvalue weighted by Gasteiger charge is -2.42. The molecular weight excluding hydrogens is 711 g/mol. The molecule has 3 heteroatoms. The van der Waals surface area contributed by atoms with Gasteiger partial charge in [0.05, 0.1) is 33.2 Å². The van der Waals surface area contributed by atoms with Crippen LogP contribution in [-0.4, -0.2) is 16.3 Å². The van der Waals surface area contributed by atoms with Crippen molar-refractivity contribution in [3.05, 3.63) is 222 Å². The van der Waals surface area contributed by atoms with Crippen LogP contribution in [0, 0.1) is 0 Å². The third-order valence-corrected chi connectivity index (χ3v) is 13.8. The first-order valence-corrected chi connectivity index (χ1v) is 20.7. The van der Waals surface area contributed by atoms with Gasteiger partial charge in [-0.3, -0.25) is 0 Å². The molecule has 59 heavy (non-hydrogen) atoms. The van der Waals surface area contributed by atoms with E-state index in [1.165, 1.54) is 105 Å². The lowest BCUT2D eigenvalue weighted by Crippen LogP contribution is -2.59. The average Bonchev–Trinajstić information content (AvgIpc) is 3.92. The van der Waals surface area contributed by atoms with E-state index < -0.39 is 5.41 Å². The number of fused-ring (bicyclic) bond motifs is 17. The Hall–Kier alpha value is -7.49. The Morgan fingerprint density at radius 2 is 1.03 bits per heavy atom. The number of rotatable bonds is 2. The van der Waals surface area contributed by atoms with Gasteiger partial charge in [-0.1, -0.05) is 174 Å². The fourth-order valence-electron chi connectivity index (χ4n) is 11.6. The van der Waals surface area contributed by atoms with Gasteiger partial charge in [0.15, 0.2) is 0 Å². The Morgan fingerprint density at radius 1 is 0.407 bits per heavy atom. The van der Waals surface area contributed by atoms with Crippen molar-refractivity contribution in [2.45, 2.75) is 5.41 Å². The molecule has 14 rings (SSSR count). The highest BCUT2D eigenvalue weighted by atomic mass is 15.0. The molecule has 1 unspecified atom stereocenters. The Bertz CT molecular complexity index is 3600. The van der Waals surface area contributed by atoms with Crippen molar-refractivity contribution >= 4 is 66.7 Å². The Balaban J connectivity index is 1.02. The molecule has 0 amide bonds. The minimum absolute atomic E-state index is 0.128. The van der Waals surface area contributed by atoms with Crippen LogP contribution < -0.4 is 16.4 Å². The lowest BCUT2D eigenvalue weighted by molar-refractivity contribution is 0.775. The van der Waals surface area contributed by atoms with Gasteiger partial charge in [0, 0.05) is 27.1 Å². The molecule has 2 aliphatic heterocycles. The van der Waals surface area contributed by atoms with Gasteiger partial charge in [-0.15, -0.1) is 0 Å². The van der Waals surface area contributed by atoms with Gasteiger partial charge in [0.1, 0.15) is 0 Å². The summed E-state index contributed by atoms with van der Waals surface area (Å²) in [5.41, 5.74) is 22.7. The standard InChI is InChI=1S/C56H33BN2/c1-8-23-49-36(13-1)31-37-28-27-35(33-50(37)58-49)34-29-30-44-42(32-34)38-14-2-5-18-43(38)56(44)45-19-6-7-21-47(45)57-48-22-12-26-53(54(48)41-17-11-20-46(56)55(41)57)59-51-24-9-3-15-39(51)40-16-4-10-25-52(40)59/h1-33H. The molecule has 0 saturated heterocycles. The van der Waals surface area contributed by atoms with Gasteiger partial charge in [-0.05, 0) is 92.5 Å². The molecule has 9 aromatic carbocycles. The highest BCUT2D eigenvalue weighted by molar-refractivity contribution is 7.00. The predicted octanol–water partition coefficient (Wildman–Crippen LogP) is 11.3. The van der Waals surface area contributed by atoms with Crippen LogP contribution in [0.1, 0.15) is 22.3 Å². The first-order valence-electron chi connectivity index (χ1n) is 20.7. The summed E-state index contributed by atoms with van der Waals surface area (Å²) in [6, 6.07) is 75.0. The first-order chi connectivity index (χ1) is 29.3. The van der Waals surface area contributed by atoms with Crippen molar-refractivity contribution in [3.8, 4) is 39.1 Å². The van der Waals surface area contributed by atoms with Gasteiger partial charge in [0.25, 0.3) is 0 Å². The van der Waals surface area contributed by atoms with Crippen LogP contribution in [0.25, 0.3) is 82.7 Å². The number of aromatic nitrogens is 2.